The van der Waals surface area contributed by atoms with Gasteiger partial charge in [0.15, 0.2) is 0 Å². The summed E-state index contributed by atoms with van der Waals surface area (Å²) in [6, 6.07) is 5.17. The third-order valence-corrected chi connectivity index (χ3v) is 2.59. The Bertz CT molecular complexity index is 574. The highest BCUT2D eigenvalue weighted by atomic mass is 16.1. The average molecular weight is 244 g/mol. The molecular formula is C13H16N4O. The predicted molar refractivity (Wildman–Crippen MR) is 70.7 cm³/mol. The fourth-order valence-electron chi connectivity index (χ4n) is 1.69. The smallest absolute Gasteiger partial charge is 0.251 e. The minimum atomic E-state index is -0.109. The molecule has 0 aliphatic heterocycles. The fourth-order valence-corrected chi connectivity index (χ4v) is 1.69. The molecule has 5 nitrogen and oxygen atoms in total. The second-order valence-electron chi connectivity index (χ2n) is 4.10. The number of hydrogen-bond acceptors (Lipinski definition) is 3. The van der Waals surface area contributed by atoms with E-state index in [1.54, 1.807) is 29.1 Å². The van der Waals surface area contributed by atoms with Gasteiger partial charge in [-0.2, -0.15) is 5.10 Å². The van der Waals surface area contributed by atoms with Gasteiger partial charge in [-0.3, -0.25) is 4.79 Å². The number of amides is 1. The minimum Gasteiger partial charge on any atom is -0.397 e. The monoisotopic (exact) mass is 244 g/mol. The SMILES string of the molecule is CCNC(=O)c1ccc(N)c(-n2cc(C)cn2)c1. The van der Waals surface area contributed by atoms with Crippen molar-refractivity contribution in [3.63, 3.8) is 0 Å². The largest absolute Gasteiger partial charge is 0.397 e. The van der Waals surface area contributed by atoms with Gasteiger partial charge in [0.1, 0.15) is 0 Å². The summed E-state index contributed by atoms with van der Waals surface area (Å²) in [7, 11) is 0. The number of benzene rings is 1. The summed E-state index contributed by atoms with van der Waals surface area (Å²) in [5.74, 6) is -0.109. The highest BCUT2D eigenvalue weighted by Gasteiger charge is 2.09. The number of hydrogen-bond donors (Lipinski definition) is 2. The zero-order chi connectivity index (χ0) is 13.1. The molecule has 0 saturated carbocycles. The number of carbonyl (C=O) groups is 1. The first kappa shape index (κ1) is 12.2. The molecule has 0 aliphatic rings. The number of nitrogens with two attached hydrogens (primary N) is 1. The minimum absolute atomic E-state index is 0.109. The molecule has 0 aliphatic carbocycles. The van der Waals surface area contributed by atoms with Gasteiger partial charge in [-0.1, -0.05) is 0 Å². The van der Waals surface area contributed by atoms with Crippen LogP contribution in [0.2, 0.25) is 0 Å². The maximum Gasteiger partial charge on any atom is 0.251 e. The third kappa shape index (κ3) is 2.34. The predicted octanol–water partition coefficient (Wildman–Crippen LogP) is 1.51. The lowest BCUT2D eigenvalue weighted by Crippen LogP contribution is -2.22. The van der Waals surface area contributed by atoms with Crippen LogP contribution in [0.25, 0.3) is 5.69 Å². The van der Waals surface area contributed by atoms with Crippen LogP contribution in [0.1, 0.15) is 22.8 Å². The van der Waals surface area contributed by atoms with Crippen molar-refractivity contribution >= 4 is 11.6 Å². The van der Waals surface area contributed by atoms with Gasteiger partial charge in [0.05, 0.1) is 17.6 Å². The van der Waals surface area contributed by atoms with E-state index in [1.807, 2.05) is 20.0 Å². The quantitative estimate of drug-likeness (QED) is 0.804. The molecule has 1 aromatic carbocycles. The van der Waals surface area contributed by atoms with Crippen LogP contribution in [-0.2, 0) is 0 Å². The van der Waals surface area contributed by atoms with Gasteiger partial charge in [-0.05, 0) is 37.6 Å². The fraction of sp³-hybridized carbons (Fsp3) is 0.231. The molecule has 18 heavy (non-hydrogen) atoms. The van der Waals surface area contributed by atoms with Crippen molar-refractivity contribution in [1.29, 1.82) is 0 Å². The Morgan fingerprint density at radius 1 is 1.50 bits per heavy atom. The van der Waals surface area contributed by atoms with Crippen LogP contribution in [0.5, 0.6) is 0 Å². The van der Waals surface area contributed by atoms with Gasteiger partial charge < -0.3 is 11.1 Å². The number of aromatic nitrogens is 2. The summed E-state index contributed by atoms with van der Waals surface area (Å²) in [6.45, 7) is 4.43. The molecule has 0 spiro atoms. The second kappa shape index (κ2) is 4.91. The molecule has 5 heteroatoms. The molecule has 0 saturated heterocycles. The molecule has 0 atom stereocenters. The maximum absolute atomic E-state index is 11.8. The molecular weight excluding hydrogens is 228 g/mol. The Morgan fingerprint density at radius 3 is 2.89 bits per heavy atom. The molecule has 2 rings (SSSR count). The van der Waals surface area contributed by atoms with Crippen LogP contribution in [0.3, 0.4) is 0 Å². The summed E-state index contributed by atoms with van der Waals surface area (Å²) < 4.78 is 1.67. The lowest BCUT2D eigenvalue weighted by Gasteiger charge is -2.08. The van der Waals surface area contributed by atoms with Gasteiger partial charge in [-0.15, -0.1) is 0 Å². The van der Waals surface area contributed by atoms with Crippen LogP contribution >= 0.6 is 0 Å². The normalized spacial score (nSPS) is 10.3. The maximum atomic E-state index is 11.8. The van der Waals surface area contributed by atoms with Gasteiger partial charge in [0.25, 0.3) is 5.91 Å². The zero-order valence-corrected chi connectivity index (χ0v) is 10.5. The topological polar surface area (TPSA) is 72.9 Å². The van der Waals surface area contributed by atoms with Crippen molar-refractivity contribution in [2.45, 2.75) is 13.8 Å². The summed E-state index contributed by atoms with van der Waals surface area (Å²) >= 11 is 0. The number of aryl methyl sites for hydroxylation is 1. The average Bonchev–Trinajstić information content (AvgIpc) is 2.76. The van der Waals surface area contributed by atoms with E-state index in [-0.39, 0.29) is 5.91 Å². The van der Waals surface area contributed by atoms with Crippen LogP contribution in [0.15, 0.2) is 30.6 Å². The number of carbonyl (C=O) groups excluding carboxylic acids is 1. The number of nitrogen functional groups attached to an aromatic ring is 1. The van der Waals surface area contributed by atoms with E-state index in [4.69, 9.17) is 5.73 Å². The highest BCUT2D eigenvalue weighted by Crippen LogP contribution is 2.18. The number of anilines is 1. The number of nitrogens with one attached hydrogen (secondary N) is 1. The molecule has 1 heterocycles. The van der Waals surface area contributed by atoms with Crippen molar-refractivity contribution in [1.82, 2.24) is 15.1 Å². The molecule has 2 aromatic rings. The molecule has 0 unspecified atom stereocenters. The van der Waals surface area contributed by atoms with Crippen molar-refractivity contribution in [2.75, 3.05) is 12.3 Å². The van der Waals surface area contributed by atoms with Gasteiger partial charge in [-0.25, -0.2) is 4.68 Å². The van der Waals surface area contributed by atoms with Gasteiger partial charge >= 0.3 is 0 Å². The number of nitrogens with zero attached hydrogens (tertiary/aromatic N) is 2. The lowest BCUT2D eigenvalue weighted by molar-refractivity contribution is 0.0956. The van der Waals surface area contributed by atoms with E-state index in [0.29, 0.717) is 23.5 Å². The van der Waals surface area contributed by atoms with Gasteiger partial charge in [0, 0.05) is 18.3 Å². The molecule has 0 radical (unpaired) electrons. The van der Waals surface area contributed by atoms with E-state index >= 15 is 0 Å². The lowest BCUT2D eigenvalue weighted by atomic mass is 10.1. The van der Waals surface area contributed by atoms with E-state index in [2.05, 4.69) is 10.4 Å². The van der Waals surface area contributed by atoms with Crippen LogP contribution < -0.4 is 11.1 Å². The summed E-state index contributed by atoms with van der Waals surface area (Å²) in [6.07, 6.45) is 3.62. The molecule has 1 amide bonds. The Kier molecular flexibility index (Phi) is 3.32. The Morgan fingerprint density at radius 2 is 2.28 bits per heavy atom. The van der Waals surface area contributed by atoms with Crippen molar-refractivity contribution < 1.29 is 4.79 Å². The van der Waals surface area contributed by atoms with Crippen molar-refractivity contribution in [2.24, 2.45) is 0 Å². The Labute approximate surface area is 106 Å². The van der Waals surface area contributed by atoms with E-state index in [0.717, 1.165) is 5.56 Å². The molecule has 94 valence electrons. The van der Waals surface area contributed by atoms with Crippen LogP contribution in [0, 0.1) is 6.92 Å². The first-order chi connectivity index (χ1) is 8.61. The van der Waals surface area contributed by atoms with E-state index in [1.165, 1.54) is 0 Å². The molecule has 0 bridgehead atoms. The molecule has 3 N–H and O–H groups in total. The summed E-state index contributed by atoms with van der Waals surface area (Å²) in [4.78, 5) is 11.8. The van der Waals surface area contributed by atoms with E-state index < -0.39 is 0 Å². The van der Waals surface area contributed by atoms with E-state index in [9.17, 15) is 4.79 Å². The molecule has 1 aromatic heterocycles. The molecule has 0 fully saturated rings. The van der Waals surface area contributed by atoms with Crippen molar-refractivity contribution in [3.8, 4) is 5.69 Å². The standard InChI is InChI=1S/C13H16N4O/c1-3-15-13(18)10-4-5-11(14)12(6-10)17-8-9(2)7-16-17/h4-8H,3,14H2,1-2H3,(H,15,18). The second-order valence-corrected chi connectivity index (χ2v) is 4.10. The van der Waals surface area contributed by atoms with Gasteiger partial charge in [0.2, 0.25) is 0 Å². The van der Waals surface area contributed by atoms with Crippen molar-refractivity contribution in [3.05, 3.63) is 41.7 Å². The number of rotatable bonds is 3. The highest BCUT2D eigenvalue weighted by molar-refractivity contribution is 5.95. The summed E-state index contributed by atoms with van der Waals surface area (Å²) in [5, 5.41) is 6.95. The first-order valence-electron chi connectivity index (χ1n) is 5.81. The Balaban J connectivity index is 2.41. The van der Waals surface area contributed by atoms with Crippen LogP contribution in [-0.4, -0.2) is 22.2 Å². The summed E-state index contributed by atoms with van der Waals surface area (Å²) in [5.41, 5.74) is 8.83. The zero-order valence-electron chi connectivity index (χ0n) is 10.5. The van der Waals surface area contributed by atoms with Crippen LogP contribution in [0.4, 0.5) is 5.69 Å². The Hall–Kier alpha value is -2.30. The first-order valence-corrected chi connectivity index (χ1v) is 5.81. The third-order valence-electron chi connectivity index (χ3n) is 2.59.